The molecule has 0 aromatic rings. The molecular formula is C60H96O4. The van der Waals surface area contributed by atoms with Gasteiger partial charge in [0.15, 0.2) is 0 Å². The molecule has 0 spiro atoms. The SMILES string of the molecule is CC/C(C)=C/CC/C(C)=C/CC/C(C)=C/CC/C(C)=C/CC/C(C)=C/CC/C(C)=C/CC/C(C)=C/CC/C(C)=C/CC/C(C)=C/CC/C(C)=C/CC1=C(C)C(O)C(CO)=C(CO)C1O. The van der Waals surface area contributed by atoms with Gasteiger partial charge >= 0.3 is 0 Å². The highest BCUT2D eigenvalue weighted by Gasteiger charge is 2.31. The van der Waals surface area contributed by atoms with Crippen molar-refractivity contribution in [3.05, 3.63) is 139 Å². The first kappa shape index (κ1) is 58.7. The van der Waals surface area contributed by atoms with Gasteiger partial charge in [0, 0.05) is 0 Å². The summed E-state index contributed by atoms with van der Waals surface area (Å²) in [6.45, 7) is 25.8. The molecule has 1 aliphatic rings. The lowest BCUT2D eigenvalue weighted by atomic mass is 9.81. The molecule has 2 unspecified atom stereocenters. The summed E-state index contributed by atoms with van der Waals surface area (Å²) in [5, 5.41) is 40.7. The van der Waals surface area contributed by atoms with Gasteiger partial charge in [-0.1, -0.05) is 123 Å². The number of aliphatic hydroxyl groups is 4. The predicted octanol–water partition coefficient (Wildman–Crippen LogP) is 16.6. The van der Waals surface area contributed by atoms with Crippen molar-refractivity contribution < 1.29 is 20.4 Å². The average Bonchev–Trinajstić information content (AvgIpc) is 3.24. The summed E-state index contributed by atoms with van der Waals surface area (Å²) < 4.78 is 0. The van der Waals surface area contributed by atoms with Crippen molar-refractivity contribution in [2.75, 3.05) is 13.2 Å². The Hall–Kier alpha value is -3.28. The fourth-order valence-corrected chi connectivity index (χ4v) is 8.13. The van der Waals surface area contributed by atoms with E-state index >= 15 is 0 Å². The van der Waals surface area contributed by atoms with Crippen molar-refractivity contribution in [3.8, 4) is 0 Å². The Bertz CT molecular complexity index is 1770. The molecule has 0 aromatic heterocycles. The van der Waals surface area contributed by atoms with Crippen LogP contribution >= 0.6 is 0 Å². The molecule has 64 heavy (non-hydrogen) atoms. The van der Waals surface area contributed by atoms with E-state index in [1.165, 1.54) is 81.4 Å². The Morgan fingerprint density at radius 2 is 0.562 bits per heavy atom. The molecule has 0 bridgehead atoms. The van der Waals surface area contributed by atoms with Crippen molar-refractivity contribution in [2.45, 2.75) is 224 Å². The largest absolute Gasteiger partial charge is 0.392 e. The number of allylic oxidation sites excluding steroid dienone is 20. The van der Waals surface area contributed by atoms with Crippen LogP contribution in [0.15, 0.2) is 139 Å². The lowest BCUT2D eigenvalue weighted by molar-refractivity contribution is 0.166. The monoisotopic (exact) mass is 881 g/mol. The third-order valence-electron chi connectivity index (χ3n) is 13.2. The molecule has 0 amide bonds. The third kappa shape index (κ3) is 26.6. The minimum absolute atomic E-state index is 0.310. The molecule has 360 valence electrons. The Balaban J connectivity index is 2.30. The van der Waals surface area contributed by atoms with Gasteiger partial charge in [-0.25, -0.2) is 0 Å². The van der Waals surface area contributed by atoms with Gasteiger partial charge in [0.1, 0.15) is 0 Å². The van der Waals surface area contributed by atoms with Crippen LogP contribution in [0.5, 0.6) is 0 Å². The second kappa shape index (κ2) is 35.0. The van der Waals surface area contributed by atoms with Crippen molar-refractivity contribution in [2.24, 2.45) is 0 Å². The minimum Gasteiger partial charge on any atom is -0.392 e. The maximum absolute atomic E-state index is 10.8. The molecule has 1 aliphatic carbocycles. The van der Waals surface area contributed by atoms with Gasteiger partial charge in [-0.05, 0) is 227 Å². The highest BCUT2D eigenvalue weighted by Crippen LogP contribution is 2.33. The first-order valence-electron chi connectivity index (χ1n) is 25.1. The van der Waals surface area contributed by atoms with Crippen molar-refractivity contribution >= 4 is 0 Å². The normalized spacial score (nSPS) is 18.6. The van der Waals surface area contributed by atoms with Gasteiger partial charge in [0.2, 0.25) is 0 Å². The Labute approximate surface area is 394 Å². The van der Waals surface area contributed by atoms with E-state index in [4.69, 9.17) is 0 Å². The molecule has 0 fully saturated rings. The molecule has 0 heterocycles. The number of rotatable bonds is 32. The second-order valence-corrected chi connectivity index (χ2v) is 19.3. The van der Waals surface area contributed by atoms with Crippen LogP contribution in [-0.2, 0) is 0 Å². The van der Waals surface area contributed by atoms with Gasteiger partial charge in [0.25, 0.3) is 0 Å². The van der Waals surface area contributed by atoms with Crippen molar-refractivity contribution in [3.63, 3.8) is 0 Å². The Morgan fingerprint density at radius 1 is 0.344 bits per heavy atom. The van der Waals surface area contributed by atoms with Crippen LogP contribution in [0.3, 0.4) is 0 Å². The molecule has 0 saturated heterocycles. The molecule has 4 heteroatoms. The second-order valence-electron chi connectivity index (χ2n) is 19.3. The van der Waals surface area contributed by atoms with Crippen LogP contribution in [0, 0.1) is 0 Å². The van der Waals surface area contributed by atoms with E-state index in [9.17, 15) is 20.4 Å². The van der Waals surface area contributed by atoms with Crippen LogP contribution in [0.25, 0.3) is 0 Å². The van der Waals surface area contributed by atoms with E-state index in [0.717, 1.165) is 96.3 Å². The van der Waals surface area contributed by atoms with Gasteiger partial charge in [-0.15, -0.1) is 0 Å². The smallest absolute Gasteiger partial charge is 0.0994 e. The summed E-state index contributed by atoms with van der Waals surface area (Å²) in [6.07, 6.45) is 43.8. The van der Waals surface area contributed by atoms with E-state index in [-0.39, 0.29) is 13.2 Å². The first-order valence-corrected chi connectivity index (χ1v) is 25.1. The van der Waals surface area contributed by atoms with Gasteiger partial charge in [-0.3, -0.25) is 0 Å². The third-order valence-corrected chi connectivity index (χ3v) is 13.2. The molecule has 4 nitrogen and oxygen atoms in total. The van der Waals surface area contributed by atoms with E-state index < -0.39 is 12.2 Å². The number of hydrogen-bond acceptors (Lipinski definition) is 4. The van der Waals surface area contributed by atoms with E-state index in [1.54, 1.807) is 6.92 Å². The maximum atomic E-state index is 10.8. The Kier molecular flexibility index (Phi) is 32.1. The molecule has 4 N–H and O–H groups in total. The summed E-state index contributed by atoms with van der Waals surface area (Å²) in [5.41, 5.74) is 16.7. The average molecular weight is 881 g/mol. The highest BCUT2D eigenvalue weighted by atomic mass is 16.3. The number of aliphatic hydroxyl groups excluding tert-OH is 4. The van der Waals surface area contributed by atoms with Crippen molar-refractivity contribution in [1.82, 2.24) is 0 Å². The van der Waals surface area contributed by atoms with Gasteiger partial charge in [-0.2, -0.15) is 0 Å². The van der Waals surface area contributed by atoms with Crippen molar-refractivity contribution in [1.29, 1.82) is 0 Å². The van der Waals surface area contributed by atoms with E-state index in [1.807, 2.05) is 0 Å². The fraction of sp³-hybridized carbons (Fsp3) is 0.600. The molecule has 0 aliphatic heterocycles. The molecule has 0 saturated carbocycles. The van der Waals surface area contributed by atoms with Crippen LogP contribution in [0.1, 0.15) is 212 Å². The lowest BCUT2D eigenvalue weighted by Gasteiger charge is -2.31. The zero-order chi connectivity index (χ0) is 47.9. The maximum Gasteiger partial charge on any atom is 0.0994 e. The van der Waals surface area contributed by atoms with Gasteiger partial charge in [0.05, 0.1) is 25.4 Å². The van der Waals surface area contributed by atoms with Crippen LogP contribution < -0.4 is 0 Å². The van der Waals surface area contributed by atoms with Crippen LogP contribution in [0.4, 0.5) is 0 Å². The standard InChI is InChI=1S/C60H96O4/c1-13-45(2)23-14-24-46(3)25-15-26-47(4)27-16-28-48(5)29-17-30-49(6)31-18-32-50(7)33-19-34-51(8)35-20-36-52(9)37-21-38-53(10)39-22-40-54(11)41-42-56-55(12)59(63)57(43-61)58(44-62)60(56)64/h23,25,27,29,31,33,35,37,39,41,59-64H,13-22,24,26,28,30,32,34,36,38,40,42-44H2,1-12H3/b45-23+,46-25+,47-27+,48-29+,49-31+,50-33+,51-35+,52-37+,53-39+,54-41+. The fourth-order valence-electron chi connectivity index (χ4n) is 8.13. The summed E-state index contributed by atoms with van der Waals surface area (Å²) in [4.78, 5) is 0. The molecule has 1 rings (SSSR count). The molecule has 2 atom stereocenters. The van der Waals surface area contributed by atoms with Crippen LogP contribution in [0.2, 0.25) is 0 Å². The zero-order valence-corrected chi connectivity index (χ0v) is 43.3. The summed E-state index contributed by atoms with van der Waals surface area (Å²) in [6, 6.07) is 0. The van der Waals surface area contributed by atoms with E-state index in [2.05, 4.69) is 137 Å². The minimum atomic E-state index is -0.967. The summed E-state index contributed by atoms with van der Waals surface area (Å²) in [5.74, 6) is 0. The lowest BCUT2D eigenvalue weighted by Crippen LogP contribution is -2.32. The van der Waals surface area contributed by atoms with Crippen LogP contribution in [-0.4, -0.2) is 45.8 Å². The first-order chi connectivity index (χ1) is 30.5. The zero-order valence-electron chi connectivity index (χ0n) is 43.3. The Morgan fingerprint density at radius 3 is 0.797 bits per heavy atom. The molecule has 0 radical (unpaired) electrons. The van der Waals surface area contributed by atoms with Gasteiger partial charge < -0.3 is 20.4 Å². The summed E-state index contributed by atoms with van der Waals surface area (Å²) >= 11 is 0. The molecular weight excluding hydrogens is 785 g/mol. The molecule has 0 aromatic carbocycles. The topological polar surface area (TPSA) is 80.9 Å². The number of hydrogen-bond donors (Lipinski definition) is 4. The van der Waals surface area contributed by atoms with E-state index in [0.29, 0.717) is 28.7 Å². The summed E-state index contributed by atoms with van der Waals surface area (Å²) in [7, 11) is 0. The predicted molar refractivity (Wildman–Crippen MR) is 281 cm³/mol. The highest BCUT2D eigenvalue weighted by molar-refractivity contribution is 5.44. The quantitative estimate of drug-likeness (QED) is 0.0508.